The first kappa shape index (κ1) is 19.3. The lowest BCUT2D eigenvalue weighted by Gasteiger charge is -2.55. The van der Waals surface area contributed by atoms with Gasteiger partial charge in [0.15, 0.2) is 5.78 Å². The normalized spacial score (nSPS) is 37.4. The van der Waals surface area contributed by atoms with E-state index in [1.165, 1.54) is 19.3 Å². The third kappa shape index (κ3) is 3.52. The Hall–Kier alpha value is -2.42. The summed E-state index contributed by atoms with van der Waals surface area (Å²) >= 11 is 0. The Morgan fingerprint density at radius 2 is 1.35 bits per heavy atom. The Morgan fingerprint density at radius 1 is 0.806 bits per heavy atom. The smallest absolute Gasteiger partial charge is 0.310 e. The first-order chi connectivity index (χ1) is 15.1. The monoisotopic (exact) mass is 414 g/mol. The molecule has 2 aromatic carbocycles. The van der Waals surface area contributed by atoms with E-state index in [1.54, 1.807) is 0 Å². The standard InChI is InChI=1S/C28H30O3/c29-24(21-7-3-1-4-8-21)14-23-25(22-9-5-2-6-10-22)26(23)27(30)31-28-15-18-11-19(16-28)13-20(12-18)17-28/h1-10,18-20,23,25-26H,11-17H2/t18?,19?,20?,23-,25?,26?,28?/m0/s1. The van der Waals surface area contributed by atoms with E-state index in [0.29, 0.717) is 6.42 Å². The molecule has 4 bridgehead atoms. The number of ketones is 1. The molecule has 0 amide bonds. The molecule has 3 nitrogen and oxygen atoms in total. The van der Waals surface area contributed by atoms with E-state index in [4.69, 9.17) is 4.74 Å². The number of carbonyl (C=O) groups is 2. The fourth-order valence-electron chi connectivity index (χ4n) is 7.47. The van der Waals surface area contributed by atoms with Gasteiger partial charge in [0.2, 0.25) is 0 Å². The second-order valence-electron chi connectivity index (χ2n) is 10.6. The van der Waals surface area contributed by atoms with Crippen molar-refractivity contribution in [3.05, 3.63) is 71.8 Å². The lowest BCUT2D eigenvalue weighted by molar-refractivity contribution is -0.188. The van der Waals surface area contributed by atoms with Gasteiger partial charge in [-0.3, -0.25) is 9.59 Å². The minimum atomic E-state index is -0.219. The Balaban J connectivity index is 1.21. The Kier molecular flexibility index (Phi) is 4.55. The quantitative estimate of drug-likeness (QED) is 0.443. The molecule has 5 aliphatic carbocycles. The molecule has 0 heterocycles. The van der Waals surface area contributed by atoms with Crippen LogP contribution in [0.4, 0.5) is 0 Å². The first-order valence-electron chi connectivity index (χ1n) is 12.0. The van der Waals surface area contributed by atoms with Crippen LogP contribution >= 0.6 is 0 Å². The molecule has 2 aromatic rings. The Bertz CT molecular complexity index is 945. The lowest BCUT2D eigenvalue weighted by atomic mass is 9.54. The van der Waals surface area contributed by atoms with E-state index in [9.17, 15) is 9.59 Å². The zero-order valence-electron chi connectivity index (χ0n) is 17.9. The topological polar surface area (TPSA) is 43.4 Å². The average Bonchev–Trinajstić information content (AvgIpc) is 3.47. The van der Waals surface area contributed by atoms with Crippen molar-refractivity contribution in [1.29, 1.82) is 0 Å². The molecule has 0 radical (unpaired) electrons. The van der Waals surface area contributed by atoms with Crippen molar-refractivity contribution >= 4 is 11.8 Å². The first-order valence-corrected chi connectivity index (χ1v) is 12.0. The van der Waals surface area contributed by atoms with Crippen LogP contribution in [0.15, 0.2) is 60.7 Å². The van der Waals surface area contributed by atoms with E-state index in [2.05, 4.69) is 12.1 Å². The van der Waals surface area contributed by atoms with Gasteiger partial charge in [-0.05, 0) is 67.8 Å². The maximum Gasteiger partial charge on any atom is 0.310 e. The second-order valence-corrected chi connectivity index (χ2v) is 10.6. The van der Waals surface area contributed by atoms with Crippen LogP contribution < -0.4 is 0 Å². The average molecular weight is 415 g/mol. The van der Waals surface area contributed by atoms with Crippen molar-refractivity contribution in [2.75, 3.05) is 0 Å². The van der Waals surface area contributed by atoms with E-state index in [0.717, 1.165) is 48.1 Å². The number of Topliss-reactive ketones (excluding diaryl/α,β-unsaturated/α-hetero) is 1. The molecule has 7 rings (SSSR count). The summed E-state index contributed by atoms with van der Waals surface area (Å²) in [7, 11) is 0. The van der Waals surface area contributed by atoms with Crippen molar-refractivity contribution in [3.63, 3.8) is 0 Å². The van der Waals surface area contributed by atoms with E-state index in [1.807, 2.05) is 48.5 Å². The van der Waals surface area contributed by atoms with Crippen LogP contribution in [0.2, 0.25) is 0 Å². The molecule has 0 aliphatic heterocycles. The highest BCUT2D eigenvalue weighted by atomic mass is 16.6. The van der Waals surface area contributed by atoms with Gasteiger partial charge in [0, 0.05) is 17.9 Å². The number of carbonyl (C=O) groups excluding carboxylic acids is 2. The van der Waals surface area contributed by atoms with Gasteiger partial charge in [0.05, 0.1) is 5.92 Å². The highest BCUT2D eigenvalue weighted by Crippen LogP contribution is 2.60. The molecule has 160 valence electrons. The number of esters is 1. The van der Waals surface area contributed by atoms with Crippen LogP contribution in [0, 0.1) is 29.6 Å². The van der Waals surface area contributed by atoms with Gasteiger partial charge in [-0.25, -0.2) is 0 Å². The van der Waals surface area contributed by atoms with E-state index in [-0.39, 0.29) is 35.1 Å². The van der Waals surface area contributed by atoms with Crippen LogP contribution in [0.25, 0.3) is 0 Å². The van der Waals surface area contributed by atoms with Gasteiger partial charge >= 0.3 is 5.97 Å². The van der Waals surface area contributed by atoms with Crippen molar-refractivity contribution in [2.45, 2.75) is 56.5 Å². The molecule has 0 saturated heterocycles. The van der Waals surface area contributed by atoms with Gasteiger partial charge in [0.25, 0.3) is 0 Å². The summed E-state index contributed by atoms with van der Waals surface area (Å²) < 4.78 is 6.39. The molecule has 3 atom stereocenters. The van der Waals surface area contributed by atoms with Crippen LogP contribution in [-0.2, 0) is 9.53 Å². The molecule has 2 unspecified atom stereocenters. The molecule has 5 aliphatic rings. The van der Waals surface area contributed by atoms with E-state index >= 15 is 0 Å². The predicted octanol–water partition coefficient (Wildman–Crippen LogP) is 5.80. The number of rotatable bonds is 6. The van der Waals surface area contributed by atoms with Crippen molar-refractivity contribution < 1.29 is 14.3 Å². The van der Waals surface area contributed by atoms with Crippen molar-refractivity contribution in [1.82, 2.24) is 0 Å². The summed E-state index contributed by atoms with van der Waals surface area (Å²) in [5.74, 6) is 2.25. The maximum atomic E-state index is 13.5. The summed E-state index contributed by atoms with van der Waals surface area (Å²) in [5, 5.41) is 0. The number of ether oxygens (including phenoxy) is 1. The highest BCUT2D eigenvalue weighted by Gasteiger charge is 2.60. The predicted molar refractivity (Wildman–Crippen MR) is 119 cm³/mol. The minimum Gasteiger partial charge on any atom is -0.459 e. The van der Waals surface area contributed by atoms with Gasteiger partial charge < -0.3 is 4.74 Å². The fraction of sp³-hybridized carbons (Fsp3) is 0.500. The maximum absolute atomic E-state index is 13.5. The van der Waals surface area contributed by atoms with Crippen molar-refractivity contribution in [3.8, 4) is 0 Å². The minimum absolute atomic E-state index is 0.0384. The largest absolute Gasteiger partial charge is 0.459 e. The van der Waals surface area contributed by atoms with Crippen LogP contribution in [0.5, 0.6) is 0 Å². The molecule has 3 heteroatoms. The molecule has 5 saturated carbocycles. The molecular formula is C28H30O3. The summed E-state index contributed by atoms with van der Waals surface area (Å²) in [6.45, 7) is 0. The molecule has 0 N–H and O–H groups in total. The summed E-state index contributed by atoms with van der Waals surface area (Å²) in [4.78, 5) is 26.4. The third-order valence-corrected chi connectivity index (χ3v) is 8.44. The van der Waals surface area contributed by atoms with Crippen LogP contribution in [-0.4, -0.2) is 17.4 Å². The zero-order chi connectivity index (χ0) is 21.0. The fourth-order valence-corrected chi connectivity index (χ4v) is 7.47. The van der Waals surface area contributed by atoms with Gasteiger partial charge in [-0.1, -0.05) is 60.7 Å². The lowest BCUT2D eigenvalue weighted by Crippen LogP contribution is -2.53. The van der Waals surface area contributed by atoms with E-state index < -0.39 is 0 Å². The van der Waals surface area contributed by atoms with Gasteiger partial charge in [0.1, 0.15) is 5.60 Å². The molecule has 0 spiro atoms. The molecular weight excluding hydrogens is 384 g/mol. The molecule has 31 heavy (non-hydrogen) atoms. The number of hydrogen-bond donors (Lipinski definition) is 0. The van der Waals surface area contributed by atoms with Crippen molar-refractivity contribution in [2.24, 2.45) is 29.6 Å². The second kappa shape index (κ2) is 7.32. The van der Waals surface area contributed by atoms with Crippen LogP contribution in [0.1, 0.15) is 66.8 Å². The van der Waals surface area contributed by atoms with Crippen LogP contribution in [0.3, 0.4) is 0 Å². The molecule has 0 aromatic heterocycles. The Labute approximate surface area is 184 Å². The van der Waals surface area contributed by atoms with Gasteiger partial charge in [-0.2, -0.15) is 0 Å². The third-order valence-electron chi connectivity index (χ3n) is 8.44. The summed E-state index contributed by atoms with van der Waals surface area (Å²) in [5.41, 5.74) is 1.67. The van der Waals surface area contributed by atoms with Gasteiger partial charge in [-0.15, -0.1) is 0 Å². The molecule has 5 fully saturated rings. The highest BCUT2D eigenvalue weighted by molar-refractivity contribution is 5.97. The summed E-state index contributed by atoms with van der Waals surface area (Å²) in [6, 6.07) is 19.7. The summed E-state index contributed by atoms with van der Waals surface area (Å²) in [6.07, 6.45) is 7.58. The zero-order valence-corrected chi connectivity index (χ0v) is 17.9. The number of hydrogen-bond acceptors (Lipinski definition) is 3. The Morgan fingerprint density at radius 3 is 1.94 bits per heavy atom. The SMILES string of the molecule is O=C(C[C@@H]1C(C(=O)OC23CC4CC(CC(C4)C2)C3)C1c1ccccc1)c1ccccc1. The number of benzene rings is 2.